The van der Waals surface area contributed by atoms with E-state index >= 15 is 0 Å². The summed E-state index contributed by atoms with van der Waals surface area (Å²) in [5.74, 6) is -0.160. The highest BCUT2D eigenvalue weighted by atomic mass is 32.2. The smallest absolute Gasteiger partial charge is 0.346 e. The third-order valence-electron chi connectivity index (χ3n) is 3.01. The van der Waals surface area contributed by atoms with Gasteiger partial charge in [-0.25, -0.2) is 14.8 Å². The number of carbonyl (C=O) groups is 1. The molecule has 0 fully saturated rings. The van der Waals surface area contributed by atoms with Crippen LogP contribution in [0.3, 0.4) is 0 Å². The molecule has 0 amide bonds. The van der Waals surface area contributed by atoms with Gasteiger partial charge in [0.2, 0.25) is 0 Å². The van der Waals surface area contributed by atoms with Crippen molar-refractivity contribution < 1.29 is 9.90 Å². The molecule has 0 unspecified atom stereocenters. The van der Waals surface area contributed by atoms with Crippen LogP contribution in [0.4, 0.5) is 0 Å². The van der Waals surface area contributed by atoms with Crippen LogP contribution in [0.25, 0.3) is 10.2 Å². The molecule has 0 saturated heterocycles. The second-order valence-electron chi connectivity index (χ2n) is 4.36. The van der Waals surface area contributed by atoms with Gasteiger partial charge in [0.25, 0.3) is 0 Å². The zero-order chi connectivity index (χ0) is 14.8. The standard InChI is InChI=1S/C14H11N3O2S2/c1-8-10-12(20-6-9-2-4-15-5-3-9)16-7-17-13(10)21-11(8)14(18)19/h2-5,7H,6H2,1H3,(H,18,19). The third-order valence-corrected chi connectivity index (χ3v) is 5.26. The Hall–Kier alpha value is -1.99. The zero-order valence-electron chi connectivity index (χ0n) is 11.1. The summed E-state index contributed by atoms with van der Waals surface area (Å²) in [5, 5.41) is 10.9. The Labute approximate surface area is 129 Å². The molecule has 0 spiro atoms. The molecule has 0 aliphatic carbocycles. The quantitative estimate of drug-likeness (QED) is 0.587. The summed E-state index contributed by atoms with van der Waals surface area (Å²) >= 11 is 2.77. The Kier molecular flexibility index (Phi) is 3.85. The maximum absolute atomic E-state index is 11.2. The highest BCUT2D eigenvalue weighted by Gasteiger charge is 2.18. The van der Waals surface area contributed by atoms with E-state index in [2.05, 4.69) is 15.0 Å². The minimum Gasteiger partial charge on any atom is -0.477 e. The molecule has 3 rings (SSSR count). The molecule has 7 heteroatoms. The number of hydrogen-bond acceptors (Lipinski definition) is 6. The van der Waals surface area contributed by atoms with Crippen LogP contribution >= 0.6 is 23.1 Å². The van der Waals surface area contributed by atoms with Gasteiger partial charge >= 0.3 is 5.97 Å². The fourth-order valence-corrected chi connectivity index (χ4v) is 4.05. The van der Waals surface area contributed by atoms with Crippen molar-refractivity contribution in [3.63, 3.8) is 0 Å². The summed E-state index contributed by atoms with van der Waals surface area (Å²) in [7, 11) is 0. The van der Waals surface area contributed by atoms with Crippen molar-refractivity contribution >= 4 is 39.3 Å². The first kappa shape index (κ1) is 14.0. The van der Waals surface area contributed by atoms with Crippen LogP contribution in [-0.2, 0) is 5.75 Å². The third kappa shape index (κ3) is 2.74. The summed E-state index contributed by atoms with van der Waals surface area (Å²) in [6.45, 7) is 1.81. The van der Waals surface area contributed by atoms with E-state index in [9.17, 15) is 9.90 Å². The molecular formula is C14H11N3O2S2. The van der Waals surface area contributed by atoms with Crippen molar-refractivity contribution in [2.24, 2.45) is 0 Å². The Morgan fingerprint density at radius 2 is 2.10 bits per heavy atom. The summed E-state index contributed by atoms with van der Waals surface area (Å²) in [6, 6.07) is 3.91. The molecule has 1 N–H and O–H groups in total. The largest absolute Gasteiger partial charge is 0.477 e. The average Bonchev–Trinajstić information content (AvgIpc) is 2.84. The lowest BCUT2D eigenvalue weighted by Crippen LogP contribution is -1.94. The van der Waals surface area contributed by atoms with Crippen molar-refractivity contribution in [3.8, 4) is 0 Å². The van der Waals surface area contributed by atoms with E-state index in [4.69, 9.17) is 0 Å². The zero-order valence-corrected chi connectivity index (χ0v) is 12.7. The first-order valence-electron chi connectivity index (χ1n) is 6.16. The van der Waals surface area contributed by atoms with Crippen molar-refractivity contribution in [1.29, 1.82) is 0 Å². The number of aromatic nitrogens is 3. The van der Waals surface area contributed by atoms with Crippen LogP contribution in [0.1, 0.15) is 20.8 Å². The van der Waals surface area contributed by atoms with E-state index in [0.717, 1.165) is 32.1 Å². The minimum absolute atomic E-state index is 0.330. The van der Waals surface area contributed by atoms with Gasteiger partial charge in [0.05, 0.1) is 0 Å². The molecule has 0 atom stereocenters. The van der Waals surface area contributed by atoms with Gasteiger partial charge in [-0.15, -0.1) is 23.1 Å². The van der Waals surface area contributed by atoms with Gasteiger partial charge in [0.15, 0.2) is 0 Å². The van der Waals surface area contributed by atoms with E-state index < -0.39 is 5.97 Å². The van der Waals surface area contributed by atoms with E-state index in [0.29, 0.717) is 4.88 Å². The lowest BCUT2D eigenvalue weighted by atomic mass is 10.2. The number of aromatic carboxylic acids is 1. The van der Waals surface area contributed by atoms with Crippen molar-refractivity contribution in [1.82, 2.24) is 15.0 Å². The Morgan fingerprint density at radius 3 is 2.81 bits per heavy atom. The lowest BCUT2D eigenvalue weighted by molar-refractivity contribution is 0.0701. The summed E-state index contributed by atoms with van der Waals surface area (Å²) < 4.78 is 0. The van der Waals surface area contributed by atoms with E-state index in [1.165, 1.54) is 17.7 Å². The Morgan fingerprint density at radius 1 is 1.33 bits per heavy atom. The Balaban J connectivity index is 1.97. The number of nitrogens with zero attached hydrogens (tertiary/aromatic N) is 3. The highest BCUT2D eigenvalue weighted by molar-refractivity contribution is 7.98. The number of thiophene rings is 1. The maximum atomic E-state index is 11.2. The fourth-order valence-electron chi connectivity index (χ4n) is 1.98. The molecule has 0 aliphatic heterocycles. The van der Waals surface area contributed by atoms with Crippen LogP contribution in [0.5, 0.6) is 0 Å². The average molecular weight is 317 g/mol. The SMILES string of the molecule is Cc1c(C(=O)O)sc2ncnc(SCc3ccncc3)c12. The molecule has 0 saturated carbocycles. The predicted molar refractivity (Wildman–Crippen MR) is 82.9 cm³/mol. The molecular weight excluding hydrogens is 306 g/mol. The summed E-state index contributed by atoms with van der Waals surface area (Å²) in [5.41, 5.74) is 1.88. The molecule has 0 bridgehead atoms. The van der Waals surface area contributed by atoms with Crippen molar-refractivity contribution in [2.45, 2.75) is 17.7 Å². The van der Waals surface area contributed by atoms with Gasteiger partial charge in [-0.2, -0.15) is 0 Å². The number of rotatable bonds is 4. The van der Waals surface area contributed by atoms with Crippen LogP contribution in [0, 0.1) is 6.92 Å². The number of carboxylic acid groups (broad SMARTS) is 1. The molecule has 0 aromatic carbocycles. The maximum Gasteiger partial charge on any atom is 0.346 e. The van der Waals surface area contributed by atoms with Crippen LogP contribution in [0.15, 0.2) is 35.9 Å². The Bertz CT molecular complexity index is 803. The van der Waals surface area contributed by atoms with Gasteiger partial charge in [-0.05, 0) is 30.2 Å². The molecule has 3 aromatic heterocycles. The van der Waals surface area contributed by atoms with Crippen LogP contribution in [-0.4, -0.2) is 26.0 Å². The molecule has 3 aromatic rings. The molecule has 3 heterocycles. The van der Waals surface area contributed by atoms with E-state index in [-0.39, 0.29) is 0 Å². The number of hydrogen-bond donors (Lipinski definition) is 1. The molecule has 5 nitrogen and oxygen atoms in total. The first-order chi connectivity index (χ1) is 10.2. The number of thioether (sulfide) groups is 1. The van der Waals surface area contributed by atoms with Crippen LogP contribution in [0.2, 0.25) is 0 Å². The second-order valence-corrected chi connectivity index (χ2v) is 6.33. The lowest BCUT2D eigenvalue weighted by Gasteiger charge is -2.03. The highest BCUT2D eigenvalue weighted by Crippen LogP contribution is 2.35. The minimum atomic E-state index is -0.916. The second kappa shape index (κ2) is 5.79. The monoisotopic (exact) mass is 317 g/mol. The normalized spacial score (nSPS) is 10.9. The van der Waals surface area contributed by atoms with Gasteiger partial charge in [0.1, 0.15) is 21.1 Å². The predicted octanol–water partition coefficient (Wildman–Crippen LogP) is 3.39. The van der Waals surface area contributed by atoms with Crippen molar-refractivity contribution in [3.05, 3.63) is 46.9 Å². The fraction of sp³-hybridized carbons (Fsp3) is 0.143. The molecule has 106 valence electrons. The van der Waals surface area contributed by atoms with Gasteiger partial charge in [-0.3, -0.25) is 4.98 Å². The van der Waals surface area contributed by atoms with Gasteiger partial charge < -0.3 is 5.11 Å². The number of fused-ring (bicyclic) bond motifs is 1. The molecule has 0 radical (unpaired) electrons. The number of aryl methyl sites for hydroxylation is 1. The molecule has 0 aliphatic rings. The van der Waals surface area contributed by atoms with Crippen LogP contribution < -0.4 is 0 Å². The summed E-state index contributed by atoms with van der Waals surface area (Å²) in [6.07, 6.45) is 4.99. The number of pyridine rings is 1. The summed E-state index contributed by atoms with van der Waals surface area (Å²) in [4.78, 5) is 24.8. The molecule has 21 heavy (non-hydrogen) atoms. The van der Waals surface area contributed by atoms with Crippen molar-refractivity contribution in [2.75, 3.05) is 0 Å². The van der Waals surface area contributed by atoms with E-state index in [1.54, 1.807) is 24.2 Å². The van der Waals surface area contributed by atoms with E-state index in [1.807, 2.05) is 19.1 Å². The number of carboxylic acids is 1. The van der Waals surface area contributed by atoms with Gasteiger partial charge in [0, 0.05) is 23.5 Å². The topological polar surface area (TPSA) is 76.0 Å². The van der Waals surface area contributed by atoms with Gasteiger partial charge in [-0.1, -0.05) is 0 Å². The first-order valence-corrected chi connectivity index (χ1v) is 7.96.